The third-order valence-corrected chi connectivity index (χ3v) is 18.2. The topological polar surface area (TPSA) is 166 Å². The van der Waals surface area contributed by atoms with Gasteiger partial charge in [-0.3, -0.25) is 0 Å². The number of piperazine rings is 2. The number of hydrogen-bond donors (Lipinski definition) is 5. The van der Waals surface area contributed by atoms with Crippen molar-refractivity contribution in [3.63, 3.8) is 0 Å². The number of nitrogens with one attached hydrogen (secondary N) is 2. The van der Waals surface area contributed by atoms with Gasteiger partial charge in [0, 0.05) is 40.4 Å². The number of aliphatic hydroxyl groups is 3. The fraction of sp³-hybridized carbons (Fsp3) is 0.438. The first-order valence-corrected chi connectivity index (χ1v) is 18.2. The summed E-state index contributed by atoms with van der Waals surface area (Å²) in [6.45, 7) is 3.10. The van der Waals surface area contributed by atoms with E-state index in [2.05, 4.69) is 10.6 Å². The molecule has 8 atom stereocenters. The molecule has 5 saturated heterocycles. The van der Waals surface area contributed by atoms with Crippen molar-refractivity contribution in [3.8, 4) is 0 Å². The summed E-state index contributed by atoms with van der Waals surface area (Å²) in [6.07, 6.45) is -5.32. The van der Waals surface area contributed by atoms with E-state index in [-0.39, 0.29) is 58.4 Å². The molecule has 2 aromatic carbocycles. The van der Waals surface area contributed by atoms with E-state index in [9.17, 15) is 34.5 Å². The molecule has 2 aromatic rings. The summed E-state index contributed by atoms with van der Waals surface area (Å²) in [6, 6.07) is 14.7. The van der Waals surface area contributed by atoms with Gasteiger partial charge in [-0.25, -0.2) is 0 Å². The maximum atomic E-state index is 14.5. The number of carbonyl (C=O) groups is 4. The van der Waals surface area contributed by atoms with Crippen molar-refractivity contribution < 1.29 is 74.9 Å². The van der Waals surface area contributed by atoms with Crippen LogP contribution in [-0.4, -0.2) is 132 Å². The van der Waals surface area contributed by atoms with Crippen LogP contribution in [0, 0.1) is 58.4 Å². The fourth-order valence-corrected chi connectivity index (χ4v) is 16.4. The molecule has 0 unspecified atom stereocenters. The molecule has 13 nitrogen and oxygen atoms in total. The Balaban J connectivity index is 0.00000324. The zero-order valence-electron chi connectivity index (χ0n) is 25.9. The van der Waals surface area contributed by atoms with Crippen molar-refractivity contribution >= 4 is 56.1 Å². The van der Waals surface area contributed by atoms with Crippen LogP contribution < -0.4 is 10.6 Å². The molecule has 2 bridgehead atoms. The number of fused-ring (bicyclic) bond motifs is 11. The Hall–Kier alpha value is -2.32. The van der Waals surface area contributed by atoms with E-state index in [1.165, 1.54) is 33.7 Å². The molecule has 0 aromatic heterocycles. The SMILES string of the molecule is CC(C)[C-]1C(=O)N2[C-](C(=O)N1C)[C@@H](O)[C@]1([C@@]34c5ccccc5N[C@@H]3N3C(=O)[C@]5(CO)[Sn][C@]3(C(=O)N5C)[C@H]4O)c3ccccc3N[C@H]21.[Sm]. The first kappa shape index (κ1) is 31.9. The van der Waals surface area contributed by atoms with Crippen LogP contribution in [0.2, 0.25) is 0 Å². The molecule has 244 valence electrons. The third kappa shape index (κ3) is 2.98. The maximum absolute atomic E-state index is 14.5. The Kier molecular flexibility index (Phi) is 6.57. The van der Waals surface area contributed by atoms with Gasteiger partial charge >= 0.3 is 276 Å². The summed E-state index contributed by atoms with van der Waals surface area (Å²) in [5.74, 6) is -2.18. The van der Waals surface area contributed by atoms with Crippen LogP contribution in [-0.2, 0) is 30.0 Å². The van der Waals surface area contributed by atoms with Crippen LogP contribution in [0.3, 0.4) is 0 Å². The Labute approximate surface area is 313 Å². The Morgan fingerprint density at radius 3 is 2.04 bits per heavy atom. The molecule has 1 spiro atoms. The van der Waals surface area contributed by atoms with Gasteiger partial charge in [0.2, 0.25) is 0 Å². The van der Waals surface area contributed by atoms with E-state index < -0.39 is 93.9 Å². The minimum absolute atomic E-state index is 0. The molecule has 5 N–H and O–H groups in total. The molecule has 4 amide bonds. The average molecular weight is 882 g/mol. The number of nitrogens with zero attached hydrogens (tertiary/aromatic N) is 4. The quantitative estimate of drug-likeness (QED) is 0.183. The number of aliphatic hydroxyl groups excluding tert-OH is 3. The van der Waals surface area contributed by atoms with Crippen molar-refractivity contribution in [2.24, 2.45) is 5.92 Å². The van der Waals surface area contributed by atoms with Gasteiger partial charge in [0.05, 0.1) is 0 Å². The fourth-order valence-electron chi connectivity index (χ4n) is 10.1. The van der Waals surface area contributed by atoms with Crippen LogP contribution in [0.25, 0.3) is 0 Å². The van der Waals surface area contributed by atoms with Gasteiger partial charge in [-0.2, -0.15) is 0 Å². The molecule has 7 heterocycles. The number of carbonyl (C=O) groups excluding carboxylic acids is 4. The first-order valence-electron chi connectivity index (χ1n) is 15.4. The van der Waals surface area contributed by atoms with Gasteiger partial charge < -0.3 is 0 Å². The molecular weight excluding hydrogens is 849 g/mol. The first-order chi connectivity index (χ1) is 21.9. The number of benzene rings is 2. The molecule has 0 saturated carbocycles. The number of anilines is 2. The standard InChI is InChI=1S/C32H32N6O7.Sm.Sn/c1-14(2)20-28(45)38-22(27(44)36(20)4)24(41)32(16-10-6-8-12-18(16)34-30(32)38)31-15-9-5-7-11-17(15)33-29(31)37-21(23(31)40)26(43)35(3)19(13-39)25(37)42;;/h5-12,14,23-24,29-30,33-34,39-41H,13H2,1-4H3;;/q-2;;/t23-,24-,29-,30-,31-,32-;;/m1../s1. The van der Waals surface area contributed by atoms with Crippen molar-refractivity contribution in [1.29, 1.82) is 0 Å². The minimum Gasteiger partial charge on any atom is 0 e. The summed E-state index contributed by atoms with van der Waals surface area (Å²) in [5.41, 5.74) is -0.934. The molecule has 0 aliphatic carbocycles. The molecular formula is C32H32N6O7SmSn-2. The molecule has 47 heavy (non-hydrogen) atoms. The van der Waals surface area contributed by atoms with Crippen LogP contribution in [0.4, 0.5) is 11.4 Å². The second-order valence-corrected chi connectivity index (χ2v) is 18.9. The molecule has 2 radical (unpaired) electrons. The number of para-hydroxylation sites is 2. The van der Waals surface area contributed by atoms with E-state index in [4.69, 9.17) is 0 Å². The van der Waals surface area contributed by atoms with Gasteiger partial charge in [0.15, 0.2) is 0 Å². The van der Waals surface area contributed by atoms with E-state index in [1.54, 1.807) is 12.1 Å². The summed E-state index contributed by atoms with van der Waals surface area (Å²) in [7, 11) is 3.03. The van der Waals surface area contributed by atoms with Crippen LogP contribution >= 0.6 is 0 Å². The predicted molar refractivity (Wildman–Crippen MR) is 162 cm³/mol. The van der Waals surface area contributed by atoms with E-state index in [0.29, 0.717) is 22.5 Å². The summed E-state index contributed by atoms with van der Waals surface area (Å²) in [4.78, 5) is 63.0. The third-order valence-electron chi connectivity index (χ3n) is 11.8. The molecule has 9 rings (SSSR count). The Morgan fingerprint density at radius 2 is 1.45 bits per heavy atom. The second-order valence-electron chi connectivity index (χ2n) is 13.6. The zero-order chi connectivity index (χ0) is 32.5. The second kappa shape index (κ2) is 9.67. The molecule has 7 aliphatic heterocycles. The summed E-state index contributed by atoms with van der Waals surface area (Å²) >= 11 is -2.34. The number of amides is 4. The Bertz CT molecular complexity index is 1820. The van der Waals surface area contributed by atoms with Crippen LogP contribution in [0.5, 0.6) is 0 Å². The number of likely N-dealkylation sites (N-methyl/N-ethyl adjacent to an activating group) is 2. The van der Waals surface area contributed by atoms with Crippen molar-refractivity contribution in [3.05, 3.63) is 71.7 Å². The van der Waals surface area contributed by atoms with E-state index in [1.807, 2.05) is 50.2 Å². The maximum Gasteiger partial charge on any atom is 0 e. The van der Waals surface area contributed by atoms with Crippen molar-refractivity contribution in [2.45, 2.75) is 56.3 Å². The smallest absolute Gasteiger partial charge is 0 e. The molecule has 7 aliphatic rings. The number of hydrogen-bond acceptors (Lipinski definition) is 9. The van der Waals surface area contributed by atoms with Crippen LogP contribution in [0.15, 0.2) is 48.5 Å². The largest absolute Gasteiger partial charge is 0 e. The minimum atomic E-state index is -2.34. The van der Waals surface area contributed by atoms with E-state index in [0.717, 1.165) is 0 Å². The molecule has 5 fully saturated rings. The van der Waals surface area contributed by atoms with Crippen LogP contribution in [0.1, 0.15) is 25.0 Å². The normalized spacial score (nSPS) is 38.7. The van der Waals surface area contributed by atoms with Gasteiger partial charge in [-0.1, -0.05) is 0 Å². The summed E-state index contributed by atoms with van der Waals surface area (Å²) < 4.78 is -3.00. The average Bonchev–Trinajstić information content (AvgIpc) is 3.79. The number of rotatable bonds is 3. The van der Waals surface area contributed by atoms with Crippen molar-refractivity contribution in [1.82, 2.24) is 19.6 Å². The van der Waals surface area contributed by atoms with Gasteiger partial charge in [0.1, 0.15) is 0 Å². The van der Waals surface area contributed by atoms with Gasteiger partial charge in [0.25, 0.3) is 0 Å². The molecule has 15 heteroatoms. The van der Waals surface area contributed by atoms with Gasteiger partial charge in [-0.15, -0.1) is 0 Å². The van der Waals surface area contributed by atoms with Gasteiger partial charge in [-0.05, 0) is 0 Å². The monoisotopic (exact) mass is 884 g/mol. The predicted octanol–water partition coefficient (Wildman–Crippen LogP) is -1.46. The van der Waals surface area contributed by atoms with Crippen molar-refractivity contribution in [2.75, 3.05) is 31.3 Å². The Morgan fingerprint density at radius 1 is 0.872 bits per heavy atom. The van der Waals surface area contributed by atoms with E-state index >= 15 is 0 Å². The zero-order valence-corrected chi connectivity index (χ0v) is 31.4. The summed E-state index contributed by atoms with van der Waals surface area (Å²) in [5, 5.41) is 43.6.